The molecule has 0 fully saturated rings. The second kappa shape index (κ2) is 6.14. The van der Waals surface area contributed by atoms with Crippen molar-refractivity contribution in [2.24, 2.45) is 0 Å². The van der Waals surface area contributed by atoms with Crippen molar-refractivity contribution in [2.45, 2.75) is 38.5 Å². The minimum atomic E-state index is -3.22. The molecule has 0 bridgehead atoms. The van der Waals surface area contributed by atoms with E-state index < -0.39 is 14.6 Å². The fourth-order valence-corrected chi connectivity index (χ4v) is 2.95. The van der Waals surface area contributed by atoms with Crippen molar-refractivity contribution in [3.63, 3.8) is 0 Å². The highest BCUT2D eigenvalue weighted by molar-refractivity contribution is 7.92. The maximum Gasteiger partial charge on any atom is 0.154 e. The second-order valence-corrected chi connectivity index (χ2v) is 8.17. The van der Waals surface area contributed by atoms with E-state index in [9.17, 15) is 8.42 Å². The van der Waals surface area contributed by atoms with Crippen molar-refractivity contribution in [1.82, 2.24) is 5.32 Å². The Balaban J connectivity index is 3.42. The molecule has 0 saturated carbocycles. The zero-order valence-electron chi connectivity index (χ0n) is 13.1. The molecule has 0 amide bonds. The molecule has 0 aliphatic carbocycles. The molecule has 1 rings (SSSR count). The average molecular weight is 299 g/mol. The minimum absolute atomic E-state index is 0.334. The van der Waals surface area contributed by atoms with Gasteiger partial charge in [-0.15, -0.1) is 0 Å². The van der Waals surface area contributed by atoms with Gasteiger partial charge in [0.25, 0.3) is 0 Å². The van der Waals surface area contributed by atoms with Crippen LogP contribution in [0.2, 0.25) is 0 Å². The second-order valence-electron chi connectivity index (χ2n) is 5.57. The molecule has 114 valence electrons. The largest absolute Gasteiger partial charge is 0.494 e. The Bertz CT molecular complexity index is 564. The van der Waals surface area contributed by atoms with E-state index in [2.05, 4.69) is 5.32 Å². The fourth-order valence-electron chi connectivity index (χ4n) is 2.27. The van der Waals surface area contributed by atoms with Gasteiger partial charge in [0.15, 0.2) is 9.84 Å². The van der Waals surface area contributed by atoms with Gasteiger partial charge in [-0.2, -0.15) is 0 Å². The third kappa shape index (κ3) is 3.33. The first-order valence-corrected chi connectivity index (χ1v) is 8.64. The van der Waals surface area contributed by atoms with Crippen LogP contribution in [-0.2, 0) is 9.84 Å². The Morgan fingerprint density at radius 2 is 1.95 bits per heavy atom. The Morgan fingerprint density at radius 1 is 1.35 bits per heavy atom. The summed E-state index contributed by atoms with van der Waals surface area (Å²) in [6, 6.07) is 5.52. The zero-order valence-corrected chi connectivity index (χ0v) is 14.0. The monoisotopic (exact) mass is 299 g/mol. The molecular weight excluding hydrogens is 274 g/mol. The third-order valence-corrected chi connectivity index (χ3v) is 5.86. The molecule has 5 heteroatoms. The molecule has 0 heterocycles. The lowest BCUT2D eigenvalue weighted by molar-refractivity contribution is 0.327. The van der Waals surface area contributed by atoms with Gasteiger partial charge >= 0.3 is 0 Å². The summed E-state index contributed by atoms with van der Waals surface area (Å²) in [6.45, 7) is 7.92. The van der Waals surface area contributed by atoms with Gasteiger partial charge in [-0.25, -0.2) is 8.42 Å². The Hall–Kier alpha value is -1.07. The summed E-state index contributed by atoms with van der Waals surface area (Å²) in [6.07, 6.45) is 1.27. The molecule has 0 aliphatic heterocycles. The molecular formula is C15H25NO3S. The molecule has 0 aromatic heterocycles. The van der Waals surface area contributed by atoms with E-state index in [4.69, 9.17) is 4.74 Å². The van der Waals surface area contributed by atoms with E-state index in [0.29, 0.717) is 6.61 Å². The lowest BCUT2D eigenvalue weighted by Crippen LogP contribution is -2.44. The van der Waals surface area contributed by atoms with E-state index in [1.807, 2.05) is 32.0 Å². The van der Waals surface area contributed by atoms with E-state index in [0.717, 1.165) is 16.9 Å². The summed E-state index contributed by atoms with van der Waals surface area (Å²) in [7, 11) is -1.45. The summed E-state index contributed by atoms with van der Waals surface area (Å²) in [4.78, 5) is 0. The van der Waals surface area contributed by atoms with Crippen LogP contribution >= 0.6 is 0 Å². The van der Waals surface area contributed by atoms with Crippen molar-refractivity contribution in [2.75, 3.05) is 19.9 Å². The molecule has 0 aliphatic rings. The van der Waals surface area contributed by atoms with Crippen molar-refractivity contribution >= 4 is 9.84 Å². The molecule has 1 aromatic carbocycles. The zero-order chi connectivity index (χ0) is 15.6. The molecule has 1 unspecified atom stereocenters. The third-order valence-electron chi connectivity index (χ3n) is 3.72. The summed E-state index contributed by atoms with van der Waals surface area (Å²) in [5.74, 6) is 0.731. The van der Waals surface area contributed by atoms with Crippen LogP contribution in [0, 0.1) is 6.92 Å². The number of nitrogens with one attached hydrogen (secondary N) is 1. The summed E-state index contributed by atoms with van der Waals surface area (Å²) in [5, 5.41) is 3.13. The Morgan fingerprint density at radius 3 is 2.40 bits per heavy atom. The lowest BCUT2D eigenvalue weighted by atomic mass is 9.93. The van der Waals surface area contributed by atoms with Crippen LogP contribution in [0.5, 0.6) is 5.75 Å². The predicted octanol–water partition coefficient (Wildman–Crippen LogP) is 2.48. The Kier molecular flexibility index (Phi) is 5.21. The van der Waals surface area contributed by atoms with Gasteiger partial charge in [-0.1, -0.05) is 17.7 Å². The van der Waals surface area contributed by atoms with Gasteiger partial charge in [0.05, 0.1) is 17.4 Å². The number of aryl methyl sites for hydroxylation is 1. The van der Waals surface area contributed by atoms with Gasteiger partial charge in [0.2, 0.25) is 0 Å². The first-order valence-electron chi connectivity index (χ1n) is 6.75. The summed E-state index contributed by atoms with van der Waals surface area (Å²) < 4.78 is 28.9. The maximum absolute atomic E-state index is 12.1. The minimum Gasteiger partial charge on any atom is -0.494 e. The van der Waals surface area contributed by atoms with Crippen LogP contribution < -0.4 is 10.1 Å². The molecule has 20 heavy (non-hydrogen) atoms. The van der Waals surface area contributed by atoms with Crippen LogP contribution in [0.15, 0.2) is 18.2 Å². The highest BCUT2D eigenvalue weighted by Gasteiger charge is 2.40. The number of rotatable bonds is 6. The van der Waals surface area contributed by atoms with Crippen molar-refractivity contribution in [3.8, 4) is 5.75 Å². The molecule has 0 radical (unpaired) electrons. The number of sulfone groups is 1. The number of ether oxygens (including phenoxy) is 1. The van der Waals surface area contributed by atoms with Crippen LogP contribution in [0.3, 0.4) is 0 Å². The molecule has 0 spiro atoms. The lowest BCUT2D eigenvalue weighted by Gasteiger charge is -2.34. The quantitative estimate of drug-likeness (QED) is 0.877. The van der Waals surface area contributed by atoms with Gasteiger partial charge in [-0.05, 0) is 40.8 Å². The van der Waals surface area contributed by atoms with E-state index in [1.54, 1.807) is 20.9 Å². The molecule has 1 aromatic rings. The first-order chi connectivity index (χ1) is 9.15. The predicted molar refractivity (Wildman–Crippen MR) is 83.1 cm³/mol. The van der Waals surface area contributed by atoms with Crippen molar-refractivity contribution in [3.05, 3.63) is 29.3 Å². The first kappa shape index (κ1) is 17.0. The molecule has 1 atom stereocenters. The summed E-state index contributed by atoms with van der Waals surface area (Å²) >= 11 is 0. The van der Waals surface area contributed by atoms with Gasteiger partial charge < -0.3 is 10.1 Å². The van der Waals surface area contributed by atoms with Crippen molar-refractivity contribution in [1.29, 1.82) is 0 Å². The summed E-state index contributed by atoms with van der Waals surface area (Å²) in [5.41, 5.74) is 1.96. The number of hydrogen-bond acceptors (Lipinski definition) is 4. The molecule has 0 saturated heterocycles. The van der Waals surface area contributed by atoms with Crippen LogP contribution in [0.25, 0.3) is 0 Å². The topological polar surface area (TPSA) is 55.4 Å². The Labute approximate surface area is 122 Å². The van der Waals surface area contributed by atoms with E-state index in [1.165, 1.54) is 6.26 Å². The number of hydrogen-bond donors (Lipinski definition) is 1. The highest BCUT2D eigenvalue weighted by atomic mass is 32.2. The maximum atomic E-state index is 12.1. The van der Waals surface area contributed by atoms with Gasteiger partial charge in [0.1, 0.15) is 5.75 Å². The molecule has 1 N–H and O–H groups in total. The van der Waals surface area contributed by atoms with Crippen molar-refractivity contribution < 1.29 is 13.2 Å². The highest BCUT2D eigenvalue weighted by Crippen LogP contribution is 2.37. The fraction of sp³-hybridized carbons (Fsp3) is 0.600. The standard InChI is InChI=1S/C15H25NO3S/c1-7-19-13-9-8-11(2)10-12(13)14(16-5)15(3,4)20(6,17)18/h8-10,14,16H,7H2,1-6H3. The average Bonchev–Trinajstić information content (AvgIpc) is 2.32. The van der Waals surface area contributed by atoms with Crippen LogP contribution in [-0.4, -0.2) is 33.1 Å². The van der Waals surface area contributed by atoms with Gasteiger partial charge in [0, 0.05) is 11.8 Å². The van der Waals surface area contributed by atoms with E-state index in [-0.39, 0.29) is 6.04 Å². The van der Waals surface area contributed by atoms with Gasteiger partial charge in [-0.3, -0.25) is 0 Å². The smallest absolute Gasteiger partial charge is 0.154 e. The molecule has 4 nitrogen and oxygen atoms in total. The number of benzene rings is 1. The SMILES string of the molecule is CCOc1ccc(C)cc1C(NC)C(C)(C)S(C)(=O)=O. The van der Waals surface area contributed by atoms with Crippen LogP contribution in [0.1, 0.15) is 37.9 Å². The van der Waals surface area contributed by atoms with Crippen LogP contribution in [0.4, 0.5) is 0 Å². The van der Waals surface area contributed by atoms with E-state index >= 15 is 0 Å². The normalized spacial score (nSPS) is 14.1.